The van der Waals surface area contributed by atoms with Crippen LogP contribution in [-0.4, -0.2) is 56.5 Å². The Hall–Kier alpha value is -2.77. The molecule has 0 aliphatic carbocycles. The number of nitrogens with zero attached hydrogens (tertiary/aromatic N) is 1. The van der Waals surface area contributed by atoms with E-state index in [4.69, 9.17) is 9.47 Å². The molecule has 0 radical (unpaired) electrons. The first kappa shape index (κ1) is 22.5. The van der Waals surface area contributed by atoms with Crippen LogP contribution in [0.3, 0.4) is 0 Å². The van der Waals surface area contributed by atoms with Gasteiger partial charge in [-0.15, -0.1) is 0 Å². The maximum absolute atomic E-state index is 12.6. The molecule has 0 spiro atoms. The van der Waals surface area contributed by atoms with E-state index in [9.17, 15) is 14.4 Å². The minimum atomic E-state index is -0.343. The van der Waals surface area contributed by atoms with E-state index in [1.54, 1.807) is 17.0 Å². The number of hydrogen-bond donors (Lipinski definition) is 2. The number of benzene rings is 1. The fourth-order valence-corrected chi connectivity index (χ4v) is 3.24. The molecule has 1 aliphatic heterocycles. The predicted molar refractivity (Wildman–Crippen MR) is 110 cm³/mol. The summed E-state index contributed by atoms with van der Waals surface area (Å²) in [5, 5.41) is 5.62. The Morgan fingerprint density at radius 3 is 2.62 bits per heavy atom. The van der Waals surface area contributed by atoms with Gasteiger partial charge in [0.05, 0.1) is 26.5 Å². The number of carbonyl (C=O) groups is 3. The zero-order chi connectivity index (χ0) is 21.2. The van der Waals surface area contributed by atoms with Gasteiger partial charge in [-0.2, -0.15) is 0 Å². The molecule has 1 saturated heterocycles. The molecule has 3 amide bonds. The number of unbranched alkanes of at least 4 members (excludes halogenated alkanes) is 1. The Labute approximate surface area is 171 Å². The number of anilines is 1. The van der Waals surface area contributed by atoms with Crippen molar-refractivity contribution in [3.63, 3.8) is 0 Å². The van der Waals surface area contributed by atoms with Crippen LogP contribution in [0.5, 0.6) is 11.5 Å². The van der Waals surface area contributed by atoms with Crippen LogP contribution in [0.2, 0.25) is 0 Å². The Balaban J connectivity index is 2.18. The number of amides is 3. The molecule has 160 valence electrons. The van der Waals surface area contributed by atoms with Crippen LogP contribution in [0.1, 0.15) is 55.8 Å². The van der Waals surface area contributed by atoms with Crippen molar-refractivity contribution in [3.8, 4) is 11.5 Å². The van der Waals surface area contributed by atoms with E-state index >= 15 is 0 Å². The van der Waals surface area contributed by atoms with Crippen LogP contribution >= 0.6 is 0 Å². The largest absolute Gasteiger partial charge is 0.493 e. The van der Waals surface area contributed by atoms with E-state index in [-0.39, 0.29) is 24.3 Å². The number of likely N-dealkylation sites (tertiary alicyclic amines) is 1. The van der Waals surface area contributed by atoms with E-state index in [1.807, 2.05) is 6.92 Å². The van der Waals surface area contributed by atoms with Crippen molar-refractivity contribution in [1.82, 2.24) is 10.2 Å². The van der Waals surface area contributed by atoms with Crippen molar-refractivity contribution < 1.29 is 23.9 Å². The molecule has 2 N–H and O–H groups in total. The lowest BCUT2D eigenvalue weighted by Gasteiger charge is -2.21. The molecule has 1 aromatic carbocycles. The lowest BCUT2D eigenvalue weighted by molar-refractivity contribution is -0.134. The van der Waals surface area contributed by atoms with Gasteiger partial charge in [0, 0.05) is 25.1 Å². The van der Waals surface area contributed by atoms with Gasteiger partial charge in [0.2, 0.25) is 11.8 Å². The summed E-state index contributed by atoms with van der Waals surface area (Å²) < 4.78 is 10.7. The molecular formula is C21H31N3O5. The molecule has 1 fully saturated rings. The molecule has 1 aromatic rings. The smallest absolute Gasteiger partial charge is 0.251 e. The summed E-state index contributed by atoms with van der Waals surface area (Å²) in [4.78, 5) is 38.8. The molecule has 2 rings (SSSR count). The van der Waals surface area contributed by atoms with Gasteiger partial charge in [-0.1, -0.05) is 19.8 Å². The van der Waals surface area contributed by atoms with Crippen LogP contribution in [0.25, 0.3) is 0 Å². The number of rotatable bonds is 9. The van der Waals surface area contributed by atoms with Crippen molar-refractivity contribution in [2.45, 2.75) is 45.4 Å². The molecule has 0 bridgehead atoms. The molecule has 0 aromatic heterocycles. The maximum atomic E-state index is 12.6. The highest BCUT2D eigenvalue weighted by Gasteiger charge is 2.22. The number of carbonyl (C=O) groups excluding carboxylic acids is 3. The van der Waals surface area contributed by atoms with Gasteiger partial charge in [0.1, 0.15) is 0 Å². The summed E-state index contributed by atoms with van der Waals surface area (Å²) in [5.41, 5.74) is 0.694. The highest BCUT2D eigenvalue weighted by Crippen LogP contribution is 2.36. The zero-order valence-corrected chi connectivity index (χ0v) is 17.5. The maximum Gasteiger partial charge on any atom is 0.251 e. The van der Waals surface area contributed by atoms with E-state index in [2.05, 4.69) is 10.6 Å². The van der Waals surface area contributed by atoms with Crippen LogP contribution in [0.15, 0.2) is 12.1 Å². The monoisotopic (exact) mass is 405 g/mol. The second kappa shape index (κ2) is 11.3. The van der Waals surface area contributed by atoms with E-state index in [1.165, 1.54) is 14.2 Å². The number of methoxy groups -OCH3 is 2. The van der Waals surface area contributed by atoms with Crippen molar-refractivity contribution in [2.75, 3.05) is 39.2 Å². The molecule has 8 nitrogen and oxygen atoms in total. The van der Waals surface area contributed by atoms with Crippen LogP contribution in [0.4, 0.5) is 5.69 Å². The van der Waals surface area contributed by atoms with Gasteiger partial charge in [-0.3, -0.25) is 14.4 Å². The SMILES string of the molecule is CCCCNC(=O)c1cc(NC(=O)CN2CCCCCC2=O)c(OC)c(OC)c1. The van der Waals surface area contributed by atoms with Gasteiger partial charge < -0.3 is 25.0 Å². The van der Waals surface area contributed by atoms with Crippen molar-refractivity contribution in [1.29, 1.82) is 0 Å². The van der Waals surface area contributed by atoms with E-state index < -0.39 is 0 Å². The van der Waals surface area contributed by atoms with Crippen LogP contribution in [0, 0.1) is 0 Å². The van der Waals surface area contributed by atoms with Gasteiger partial charge in [-0.25, -0.2) is 0 Å². The summed E-state index contributed by atoms with van der Waals surface area (Å²) in [6.45, 7) is 3.16. The Morgan fingerprint density at radius 2 is 1.93 bits per heavy atom. The van der Waals surface area contributed by atoms with Gasteiger partial charge >= 0.3 is 0 Å². The molecule has 1 aliphatic rings. The lowest BCUT2D eigenvalue weighted by atomic mass is 10.1. The minimum absolute atomic E-state index is 0.00810. The average Bonchev–Trinajstić information content (AvgIpc) is 2.91. The summed E-state index contributed by atoms with van der Waals surface area (Å²) in [7, 11) is 2.94. The predicted octanol–water partition coefficient (Wildman–Crippen LogP) is 2.57. The fourth-order valence-electron chi connectivity index (χ4n) is 3.24. The van der Waals surface area contributed by atoms with Crippen molar-refractivity contribution in [2.24, 2.45) is 0 Å². The molecule has 0 unspecified atom stereocenters. The third kappa shape index (κ3) is 6.37. The molecular weight excluding hydrogens is 374 g/mol. The topological polar surface area (TPSA) is 97.0 Å². The summed E-state index contributed by atoms with van der Waals surface area (Å²) >= 11 is 0. The first-order chi connectivity index (χ1) is 14.0. The Morgan fingerprint density at radius 1 is 1.14 bits per heavy atom. The molecule has 8 heteroatoms. The van der Waals surface area contributed by atoms with Gasteiger partial charge in [0.15, 0.2) is 11.5 Å². The third-order valence-corrected chi connectivity index (χ3v) is 4.84. The minimum Gasteiger partial charge on any atom is -0.493 e. The second-order valence-corrected chi connectivity index (χ2v) is 7.04. The standard InChI is InChI=1S/C21H31N3O5/c1-4-5-10-22-21(27)15-12-16(20(29-3)17(13-15)28-2)23-18(25)14-24-11-8-6-7-9-19(24)26/h12-13H,4-11,14H2,1-3H3,(H,22,27)(H,23,25). The molecule has 29 heavy (non-hydrogen) atoms. The molecule has 0 atom stereocenters. The van der Waals surface area contributed by atoms with Crippen LogP contribution < -0.4 is 20.1 Å². The first-order valence-corrected chi connectivity index (χ1v) is 10.1. The second-order valence-electron chi connectivity index (χ2n) is 7.04. The summed E-state index contributed by atoms with van der Waals surface area (Å²) in [5.74, 6) is 0.0675. The van der Waals surface area contributed by atoms with Gasteiger partial charge in [0.25, 0.3) is 5.91 Å². The zero-order valence-electron chi connectivity index (χ0n) is 17.5. The fraction of sp³-hybridized carbons (Fsp3) is 0.571. The lowest BCUT2D eigenvalue weighted by Crippen LogP contribution is -2.37. The number of ether oxygens (including phenoxy) is 2. The highest BCUT2D eigenvalue weighted by molar-refractivity contribution is 6.00. The average molecular weight is 405 g/mol. The van der Waals surface area contributed by atoms with Crippen molar-refractivity contribution in [3.05, 3.63) is 17.7 Å². The molecule has 1 heterocycles. The van der Waals surface area contributed by atoms with Gasteiger partial charge in [-0.05, 0) is 31.4 Å². The summed E-state index contributed by atoms with van der Waals surface area (Å²) in [6.07, 6.45) is 5.07. The Kier molecular flexibility index (Phi) is 8.76. The quantitative estimate of drug-likeness (QED) is 0.616. The van der Waals surface area contributed by atoms with Crippen molar-refractivity contribution >= 4 is 23.4 Å². The van der Waals surface area contributed by atoms with E-state index in [0.717, 1.165) is 32.1 Å². The number of hydrogen-bond acceptors (Lipinski definition) is 5. The normalized spacial score (nSPS) is 14.2. The first-order valence-electron chi connectivity index (χ1n) is 10.1. The summed E-state index contributed by atoms with van der Waals surface area (Å²) in [6, 6.07) is 3.14. The van der Waals surface area contributed by atoms with E-state index in [0.29, 0.717) is 42.3 Å². The highest BCUT2D eigenvalue weighted by atomic mass is 16.5. The third-order valence-electron chi connectivity index (χ3n) is 4.84. The van der Waals surface area contributed by atoms with Crippen LogP contribution in [-0.2, 0) is 9.59 Å². The Bertz CT molecular complexity index is 735. The molecule has 0 saturated carbocycles. The number of nitrogens with one attached hydrogen (secondary N) is 2.